The van der Waals surface area contributed by atoms with Crippen molar-refractivity contribution in [3.05, 3.63) is 0 Å². The van der Waals surface area contributed by atoms with Gasteiger partial charge in [-0.25, -0.2) is 0 Å². The first kappa shape index (κ1) is 26.0. The first-order chi connectivity index (χ1) is 12.0. The third-order valence-corrected chi connectivity index (χ3v) is 6.01. The molecule has 0 saturated heterocycles. The zero-order chi connectivity index (χ0) is 20.3. The molecule has 0 aromatic rings. The van der Waals surface area contributed by atoms with Gasteiger partial charge >= 0.3 is 0 Å². The van der Waals surface area contributed by atoms with Crippen molar-refractivity contribution >= 4 is 0 Å². The molecule has 1 nitrogen and oxygen atoms in total. The second kappa shape index (κ2) is 14.0. The fraction of sp³-hybridized carbons (Fsp3) is 1.00. The van der Waals surface area contributed by atoms with Crippen LogP contribution in [0.4, 0.5) is 0 Å². The summed E-state index contributed by atoms with van der Waals surface area (Å²) in [7, 11) is 0. The molecule has 7 unspecified atom stereocenters. The van der Waals surface area contributed by atoms with Crippen molar-refractivity contribution in [1.82, 2.24) is 0 Å². The van der Waals surface area contributed by atoms with E-state index < -0.39 is 0 Å². The van der Waals surface area contributed by atoms with E-state index in [9.17, 15) is 5.11 Å². The molecule has 0 heterocycles. The number of rotatable bonds is 15. The Morgan fingerprint density at radius 3 is 0.846 bits per heavy atom. The van der Waals surface area contributed by atoms with E-state index in [4.69, 9.17) is 0 Å². The van der Waals surface area contributed by atoms with Crippen LogP contribution in [0.3, 0.4) is 0 Å². The fourth-order valence-corrected chi connectivity index (χ4v) is 5.58. The van der Waals surface area contributed by atoms with E-state index in [2.05, 4.69) is 62.3 Å². The average Bonchev–Trinajstić information content (AvgIpc) is 2.44. The van der Waals surface area contributed by atoms with Crippen LogP contribution in [0.2, 0.25) is 0 Å². The molecule has 0 aliphatic carbocycles. The van der Waals surface area contributed by atoms with Crippen LogP contribution in [-0.4, -0.2) is 11.7 Å². The SMILES string of the molecule is CC(C)CC(C)CC(C)CC(C)CC(C)CC(C)CC(C)CC(C)CO. The van der Waals surface area contributed by atoms with Crippen LogP contribution in [0.5, 0.6) is 0 Å². The Labute approximate surface area is 166 Å². The van der Waals surface area contributed by atoms with Gasteiger partial charge < -0.3 is 5.11 Å². The third kappa shape index (κ3) is 14.1. The van der Waals surface area contributed by atoms with Crippen molar-refractivity contribution in [2.45, 2.75) is 107 Å². The molecular formula is C25H52O. The molecule has 0 aromatic heterocycles. The summed E-state index contributed by atoms with van der Waals surface area (Å²) in [6, 6.07) is 0. The number of aliphatic hydroxyl groups excluding tert-OH is 1. The minimum absolute atomic E-state index is 0.334. The smallest absolute Gasteiger partial charge is 0.0456 e. The molecule has 7 atom stereocenters. The Morgan fingerprint density at radius 1 is 0.385 bits per heavy atom. The Morgan fingerprint density at radius 2 is 0.615 bits per heavy atom. The molecule has 158 valence electrons. The maximum Gasteiger partial charge on any atom is 0.0456 e. The predicted octanol–water partition coefficient (Wildman–Crippen LogP) is 7.82. The van der Waals surface area contributed by atoms with Crippen LogP contribution in [0, 0.1) is 47.3 Å². The quantitative estimate of drug-likeness (QED) is 0.312. The molecule has 0 rings (SSSR count). The second-order valence-corrected chi connectivity index (χ2v) is 11.0. The summed E-state index contributed by atoms with van der Waals surface area (Å²) in [5.41, 5.74) is 0. The Balaban J connectivity index is 4.07. The Kier molecular flexibility index (Phi) is 14.0. The van der Waals surface area contributed by atoms with E-state index in [1.165, 1.54) is 38.5 Å². The molecule has 1 heteroatoms. The van der Waals surface area contributed by atoms with Crippen LogP contribution in [0.1, 0.15) is 107 Å². The van der Waals surface area contributed by atoms with Crippen molar-refractivity contribution < 1.29 is 5.11 Å². The van der Waals surface area contributed by atoms with Gasteiger partial charge in [0.25, 0.3) is 0 Å². The van der Waals surface area contributed by atoms with E-state index in [0.717, 1.165) is 47.8 Å². The standard InChI is InChI=1S/C25H52O/c1-18(2)10-19(3)11-20(4)12-21(5)13-22(6)14-23(7)15-24(8)16-25(9)17-26/h18-26H,10-17H2,1-9H3. The van der Waals surface area contributed by atoms with Crippen molar-refractivity contribution in [1.29, 1.82) is 0 Å². The van der Waals surface area contributed by atoms with Crippen LogP contribution >= 0.6 is 0 Å². The molecule has 0 bridgehead atoms. The minimum atomic E-state index is 0.334. The van der Waals surface area contributed by atoms with E-state index in [0.29, 0.717) is 12.5 Å². The zero-order valence-electron chi connectivity index (χ0n) is 19.7. The van der Waals surface area contributed by atoms with Gasteiger partial charge in [0.2, 0.25) is 0 Å². The molecule has 0 aliphatic rings. The molecule has 26 heavy (non-hydrogen) atoms. The highest BCUT2D eigenvalue weighted by molar-refractivity contribution is 4.70. The van der Waals surface area contributed by atoms with Crippen molar-refractivity contribution in [3.8, 4) is 0 Å². The molecule has 0 spiro atoms. The van der Waals surface area contributed by atoms with Gasteiger partial charge in [0.1, 0.15) is 0 Å². The first-order valence-corrected chi connectivity index (χ1v) is 11.6. The third-order valence-electron chi connectivity index (χ3n) is 6.01. The summed E-state index contributed by atoms with van der Waals surface area (Å²) in [6.45, 7) is 21.8. The Bertz CT molecular complexity index is 324. The maximum absolute atomic E-state index is 9.23. The average molecular weight is 369 g/mol. The monoisotopic (exact) mass is 368 g/mol. The first-order valence-electron chi connectivity index (χ1n) is 11.6. The van der Waals surface area contributed by atoms with E-state index in [-0.39, 0.29) is 0 Å². The minimum Gasteiger partial charge on any atom is -0.396 e. The molecule has 0 aromatic carbocycles. The maximum atomic E-state index is 9.23. The highest BCUT2D eigenvalue weighted by Crippen LogP contribution is 2.30. The van der Waals surface area contributed by atoms with Gasteiger partial charge in [-0.15, -0.1) is 0 Å². The number of aliphatic hydroxyl groups is 1. The summed E-state index contributed by atoms with van der Waals surface area (Å²) in [5, 5.41) is 9.23. The Hall–Kier alpha value is -0.0400. The van der Waals surface area contributed by atoms with E-state index in [1.54, 1.807) is 0 Å². The largest absolute Gasteiger partial charge is 0.396 e. The number of hydrogen-bond acceptors (Lipinski definition) is 1. The van der Waals surface area contributed by atoms with Gasteiger partial charge in [-0.05, 0) is 92.3 Å². The zero-order valence-corrected chi connectivity index (χ0v) is 19.7. The summed E-state index contributed by atoms with van der Waals surface area (Å²) >= 11 is 0. The highest BCUT2D eigenvalue weighted by atomic mass is 16.3. The van der Waals surface area contributed by atoms with Crippen molar-refractivity contribution in [2.24, 2.45) is 47.3 Å². The summed E-state index contributed by atoms with van der Waals surface area (Å²) in [6.07, 6.45) is 9.39. The number of hydrogen-bond donors (Lipinski definition) is 1. The van der Waals surface area contributed by atoms with Crippen LogP contribution in [-0.2, 0) is 0 Å². The molecule has 1 N–H and O–H groups in total. The molecule has 0 fully saturated rings. The van der Waals surface area contributed by atoms with Crippen molar-refractivity contribution in [3.63, 3.8) is 0 Å². The van der Waals surface area contributed by atoms with E-state index >= 15 is 0 Å². The van der Waals surface area contributed by atoms with Gasteiger partial charge in [-0.3, -0.25) is 0 Å². The van der Waals surface area contributed by atoms with E-state index in [1.807, 2.05) is 0 Å². The molecule has 0 aliphatic heterocycles. The molecule has 0 radical (unpaired) electrons. The topological polar surface area (TPSA) is 20.2 Å². The lowest BCUT2D eigenvalue weighted by Crippen LogP contribution is -2.14. The lowest BCUT2D eigenvalue weighted by atomic mass is 9.80. The highest BCUT2D eigenvalue weighted by Gasteiger charge is 2.18. The summed E-state index contributed by atoms with van der Waals surface area (Å²) in [5.74, 6) is 6.25. The van der Waals surface area contributed by atoms with Crippen LogP contribution in [0.15, 0.2) is 0 Å². The van der Waals surface area contributed by atoms with Crippen molar-refractivity contribution in [2.75, 3.05) is 6.61 Å². The fourth-order valence-electron chi connectivity index (χ4n) is 5.58. The molecular weight excluding hydrogens is 316 g/mol. The van der Waals surface area contributed by atoms with Gasteiger partial charge in [-0.2, -0.15) is 0 Å². The van der Waals surface area contributed by atoms with Gasteiger partial charge in [0.15, 0.2) is 0 Å². The second-order valence-electron chi connectivity index (χ2n) is 11.0. The molecule has 0 saturated carbocycles. The predicted molar refractivity (Wildman–Crippen MR) is 118 cm³/mol. The van der Waals surface area contributed by atoms with Gasteiger partial charge in [-0.1, -0.05) is 62.3 Å². The summed E-state index contributed by atoms with van der Waals surface area (Å²) in [4.78, 5) is 0. The van der Waals surface area contributed by atoms with Gasteiger partial charge in [0, 0.05) is 6.61 Å². The normalized spacial score (nSPS) is 20.4. The van der Waals surface area contributed by atoms with Crippen LogP contribution < -0.4 is 0 Å². The summed E-state index contributed by atoms with van der Waals surface area (Å²) < 4.78 is 0. The lowest BCUT2D eigenvalue weighted by Gasteiger charge is -2.26. The molecule has 0 amide bonds. The van der Waals surface area contributed by atoms with Crippen LogP contribution in [0.25, 0.3) is 0 Å². The van der Waals surface area contributed by atoms with Gasteiger partial charge in [0.05, 0.1) is 0 Å². The lowest BCUT2D eigenvalue weighted by molar-refractivity contribution is 0.203.